The summed E-state index contributed by atoms with van der Waals surface area (Å²) < 4.78 is 0. The number of benzene rings is 1. The normalized spacial score (nSPS) is 15.5. The van der Waals surface area contributed by atoms with Crippen molar-refractivity contribution in [3.05, 3.63) is 65.5 Å². The molecular formula is C20H23N3O3. The summed E-state index contributed by atoms with van der Waals surface area (Å²) in [5.74, 6) is -0.947. The molecule has 1 aromatic heterocycles. The molecule has 6 nitrogen and oxygen atoms in total. The summed E-state index contributed by atoms with van der Waals surface area (Å²) in [5.41, 5.74) is 2.18. The molecule has 0 aliphatic carbocycles. The number of likely N-dealkylation sites (tertiary alicyclic amines) is 1. The topological polar surface area (TPSA) is 82.5 Å². The number of carbonyl (C=O) groups excluding carboxylic acids is 1. The molecular weight excluding hydrogens is 330 g/mol. The van der Waals surface area contributed by atoms with Gasteiger partial charge in [0.05, 0.1) is 5.56 Å². The second-order valence-electron chi connectivity index (χ2n) is 6.48. The van der Waals surface area contributed by atoms with Crippen LogP contribution in [-0.2, 0) is 11.2 Å². The van der Waals surface area contributed by atoms with Crippen LogP contribution in [0, 0.1) is 0 Å². The number of nitrogens with one attached hydrogen (secondary N) is 1. The summed E-state index contributed by atoms with van der Waals surface area (Å²) in [6.07, 6.45) is 6.35. The second kappa shape index (κ2) is 8.58. The Balaban J connectivity index is 1.60. The van der Waals surface area contributed by atoms with E-state index < -0.39 is 5.97 Å². The first kappa shape index (κ1) is 18.1. The van der Waals surface area contributed by atoms with E-state index in [0.29, 0.717) is 13.0 Å². The van der Waals surface area contributed by atoms with E-state index in [9.17, 15) is 9.59 Å². The van der Waals surface area contributed by atoms with Gasteiger partial charge in [-0.1, -0.05) is 18.2 Å². The van der Waals surface area contributed by atoms with Gasteiger partial charge in [0.1, 0.15) is 6.04 Å². The van der Waals surface area contributed by atoms with Crippen molar-refractivity contribution in [3.8, 4) is 0 Å². The predicted molar refractivity (Wildman–Crippen MR) is 97.9 cm³/mol. The van der Waals surface area contributed by atoms with Crippen molar-refractivity contribution in [3.63, 3.8) is 0 Å². The molecule has 1 aliphatic rings. The van der Waals surface area contributed by atoms with Crippen LogP contribution in [0.3, 0.4) is 0 Å². The molecule has 26 heavy (non-hydrogen) atoms. The van der Waals surface area contributed by atoms with Crippen LogP contribution in [0.5, 0.6) is 0 Å². The van der Waals surface area contributed by atoms with Gasteiger partial charge in [-0.2, -0.15) is 0 Å². The number of carboxylic acids is 1. The number of amides is 1. The Labute approximate surface area is 152 Å². The molecule has 1 amide bonds. The van der Waals surface area contributed by atoms with Crippen molar-refractivity contribution in [2.24, 2.45) is 0 Å². The first-order valence-electron chi connectivity index (χ1n) is 8.89. The highest BCUT2D eigenvalue weighted by atomic mass is 16.4. The van der Waals surface area contributed by atoms with Gasteiger partial charge in [0, 0.05) is 18.9 Å². The Morgan fingerprint density at radius 2 is 1.88 bits per heavy atom. The Kier molecular flexibility index (Phi) is 5.96. The number of hydrogen-bond donors (Lipinski definition) is 2. The molecule has 6 heteroatoms. The Bertz CT molecular complexity index is 741. The summed E-state index contributed by atoms with van der Waals surface area (Å²) >= 11 is 0. The molecule has 1 aromatic carbocycles. The molecule has 2 heterocycles. The van der Waals surface area contributed by atoms with E-state index in [-0.39, 0.29) is 17.5 Å². The smallest absolute Gasteiger partial charge is 0.335 e. The third-order valence-electron chi connectivity index (χ3n) is 4.67. The van der Waals surface area contributed by atoms with Crippen molar-refractivity contribution >= 4 is 11.9 Å². The standard InChI is InChI=1S/C20H23N3O3/c24-19(22-11-9-15-5-7-16(8-6-15)20(25)26)18(23-12-1-2-13-23)17-4-3-10-21-14-17/h3-8,10,14,18H,1-2,9,11-13H2,(H,22,24)(H,25,26)/t18-/m1/s1. The molecule has 2 N–H and O–H groups in total. The Hall–Kier alpha value is -2.73. The van der Waals surface area contributed by atoms with Gasteiger partial charge < -0.3 is 10.4 Å². The number of hydrogen-bond acceptors (Lipinski definition) is 4. The largest absolute Gasteiger partial charge is 0.478 e. The van der Waals surface area contributed by atoms with E-state index in [1.807, 2.05) is 12.1 Å². The zero-order valence-electron chi connectivity index (χ0n) is 14.6. The lowest BCUT2D eigenvalue weighted by atomic mass is 10.1. The molecule has 1 atom stereocenters. The summed E-state index contributed by atoms with van der Waals surface area (Å²) in [5, 5.41) is 12.0. The van der Waals surface area contributed by atoms with Crippen LogP contribution in [0.1, 0.15) is 40.4 Å². The number of nitrogens with zero attached hydrogens (tertiary/aromatic N) is 2. The molecule has 1 aliphatic heterocycles. The van der Waals surface area contributed by atoms with Crippen molar-refractivity contribution in [2.75, 3.05) is 19.6 Å². The minimum absolute atomic E-state index is 0.0120. The van der Waals surface area contributed by atoms with Crippen LogP contribution in [0.4, 0.5) is 0 Å². The highest BCUT2D eigenvalue weighted by Gasteiger charge is 2.29. The van der Waals surface area contributed by atoms with E-state index in [0.717, 1.165) is 37.1 Å². The van der Waals surface area contributed by atoms with E-state index >= 15 is 0 Å². The van der Waals surface area contributed by atoms with Gasteiger partial charge in [-0.05, 0) is 61.7 Å². The number of carbonyl (C=O) groups is 2. The van der Waals surface area contributed by atoms with Gasteiger partial charge in [-0.25, -0.2) is 4.79 Å². The summed E-state index contributed by atoms with van der Waals surface area (Å²) in [6.45, 7) is 2.35. The molecule has 0 saturated carbocycles. The van der Waals surface area contributed by atoms with Crippen LogP contribution in [-0.4, -0.2) is 46.5 Å². The summed E-state index contributed by atoms with van der Waals surface area (Å²) in [7, 11) is 0. The molecule has 0 unspecified atom stereocenters. The van der Waals surface area contributed by atoms with Gasteiger partial charge in [0.25, 0.3) is 0 Å². The highest BCUT2D eigenvalue weighted by molar-refractivity contribution is 5.87. The van der Waals surface area contributed by atoms with Crippen molar-refractivity contribution in [2.45, 2.75) is 25.3 Å². The van der Waals surface area contributed by atoms with Crippen LogP contribution >= 0.6 is 0 Å². The highest BCUT2D eigenvalue weighted by Crippen LogP contribution is 2.24. The monoisotopic (exact) mass is 353 g/mol. The number of rotatable bonds is 7. The maximum absolute atomic E-state index is 12.8. The lowest BCUT2D eigenvalue weighted by Crippen LogP contribution is -2.40. The molecule has 136 valence electrons. The van der Waals surface area contributed by atoms with Crippen molar-refractivity contribution in [1.82, 2.24) is 15.2 Å². The second-order valence-corrected chi connectivity index (χ2v) is 6.48. The van der Waals surface area contributed by atoms with Crippen molar-refractivity contribution < 1.29 is 14.7 Å². The van der Waals surface area contributed by atoms with Gasteiger partial charge in [-0.3, -0.25) is 14.7 Å². The summed E-state index contributed by atoms with van der Waals surface area (Å²) in [6, 6.07) is 10.2. The van der Waals surface area contributed by atoms with Crippen molar-refractivity contribution in [1.29, 1.82) is 0 Å². The van der Waals surface area contributed by atoms with Crippen LogP contribution in [0.15, 0.2) is 48.8 Å². The Morgan fingerprint density at radius 3 is 2.50 bits per heavy atom. The molecule has 0 spiro atoms. The lowest BCUT2D eigenvalue weighted by molar-refractivity contribution is -0.126. The van der Waals surface area contributed by atoms with E-state index in [1.165, 1.54) is 0 Å². The number of pyridine rings is 1. The maximum atomic E-state index is 12.8. The fraction of sp³-hybridized carbons (Fsp3) is 0.350. The minimum atomic E-state index is -0.935. The molecule has 0 radical (unpaired) electrons. The average molecular weight is 353 g/mol. The van der Waals surface area contributed by atoms with E-state index in [4.69, 9.17) is 5.11 Å². The first-order valence-corrected chi connectivity index (χ1v) is 8.89. The fourth-order valence-corrected chi connectivity index (χ4v) is 3.31. The third kappa shape index (κ3) is 4.46. The summed E-state index contributed by atoms with van der Waals surface area (Å²) in [4.78, 5) is 30.0. The number of carboxylic acid groups (broad SMARTS) is 1. The number of aromatic carboxylic acids is 1. The van der Waals surface area contributed by atoms with E-state index in [1.54, 1.807) is 36.7 Å². The molecule has 1 saturated heterocycles. The average Bonchev–Trinajstić information content (AvgIpc) is 3.17. The fourth-order valence-electron chi connectivity index (χ4n) is 3.31. The Morgan fingerprint density at radius 1 is 1.15 bits per heavy atom. The minimum Gasteiger partial charge on any atom is -0.478 e. The molecule has 0 bridgehead atoms. The van der Waals surface area contributed by atoms with Crippen LogP contribution in [0.25, 0.3) is 0 Å². The van der Waals surface area contributed by atoms with Gasteiger partial charge in [0.15, 0.2) is 0 Å². The van der Waals surface area contributed by atoms with Crippen LogP contribution in [0.2, 0.25) is 0 Å². The first-order chi connectivity index (χ1) is 12.6. The predicted octanol–water partition coefficient (Wildman–Crippen LogP) is 2.28. The molecule has 3 rings (SSSR count). The number of aromatic nitrogens is 1. The molecule has 1 fully saturated rings. The quantitative estimate of drug-likeness (QED) is 0.798. The van der Waals surface area contributed by atoms with E-state index in [2.05, 4.69) is 15.2 Å². The lowest BCUT2D eigenvalue weighted by Gasteiger charge is -2.26. The zero-order chi connectivity index (χ0) is 18.4. The zero-order valence-corrected chi connectivity index (χ0v) is 14.6. The maximum Gasteiger partial charge on any atom is 0.335 e. The molecule has 2 aromatic rings. The van der Waals surface area contributed by atoms with Crippen LogP contribution < -0.4 is 5.32 Å². The third-order valence-corrected chi connectivity index (χ3v) is 4.67. The van der Waals surface area contributed by atoms with Gasteiger partial charge >= 0.3 is 5.97 Å². The van der Waals surface area contributed by atoms with Gasteiger partial charge in [0.2, 0.25) is 5.91 Å². The SMILES string of the molecule is O=C(O)c1ccc(CCNC(=O)[C@@H](c2cccnc2)N2CCCC2)cc1. The van der Waals surface area contributed by atoms with Gasteiger partial charge in [-0.15, -0.1) is 0 Å².